The van der Waals surface area contributed by atoms with Crippen LogP contribution in [0.4, 0.5) is 0 Å². The highest BCUT2D eigenvalue weighted by Gasteiger charge is 2.18. The number of aliphatic hydroxyl groups excluding tert-OH is 2. The minimum atomic E-state index is -0.517. The number of unbranched alkanes of at least 4 members (excludes halogenated alkanes) is 10. The molecule has 0 rings (SSSR count). The number of hydrogen-bond acceptors (Lipinski definition) is 3. The van der Waals surface area contributed by atoms with Crippen molar-refractivity contribution in [3.63, 3.8) is 0 Å². The van der Waals surface area contributed by atoms with Gasteiger partial charge in [0.15, 0.2) is 0 Å². The van der Waals surface area contributed by atoms with Crippen molar-refractivity contribution < 1.29 is 14.9 Å². The zero-order valence-corrected chi connectivity index (χ0v) is 15.1. The normalized spacial score (nSPS) is 14.2. The molecule has 134 valence electrons. The zero-order valence-electron chi connectivity index (χ0n) is 15.1. The molecule has 0 aliphatic heterocycles. The maximum atomic E-state index is 10.1. The second kappa shape index (κ2) is 17.2. The second-order valence-corrected chi connectivity index (χ2v) is 6.48. The summed E-state index contributed by atoms with van der Waals surface area (Å²) in [6, 6.07) is 0. The minimum absolute atomic E-state index is 0.0766. The lowest BCUT2D eigenvalue weighted by Crippen LogP contribution is -2.32. The third-order valence-corrected chi connectivity index (χ3v) is 4.29. The summed E-state index contributed by atoms with van der Waals surface area (Å²) in [4.78, 5) is 0. The molecule has 0 amide bonds. The number of aliphatic hydroxyl groups is 2. The quantitative estimate of drug-likeness (QED) is 0.378. The van der Waals surface area contributed by atoms with Gasteiger partial charge in [-0.25, -0.2) is 0 Å². The molecule has 0 aromatic rings. The van der Waals surface area contributed by atoms with Gasteiger partial charge in [0, 0.05) is 6.61 Å². The van der Waals surface area contributed by atoms with Crippen molar-refractivity contribution in [3.05, 3.63) is 0 Å². The van der Waals surface area contributed by atoms with Crippen molar-refractivity contribution in [2.24, 2.45) is 0 Å². The maximum absolute atomic E-state index is 10.1. The molecule has 2 unspecified atom stereocenters. The Labute approximate surface area is 138 Å². The summed E-state index contributed by atoms with van der Waals surface area (Å²) in [7, 11) is 0. The fraction of sp³-hybridized carbons (Fsp3) is 1.00. The Bertz CT molecular complexity index is 209. The Hall–Kier alpha value is -0.120. The largest absolute Gasteiger partial charge is 0.394 e. The summed E-state index contributed by atoms with van der Waals surface area (Å²) >= 11 is 0. The third-order valence-electron chi connectivity index (χ3n) is 4.29. The van der Waals surface area contributed by atoms with Gasteiger partial charge in [0.2, 0.25) is 0 Å². The Kier molecular flexibility index (Phi) is 17.1. The van der Waals surface area contributed by atoms with Crippen LogP contribution in [0.1, 0.15) is 97.3 Å². The molecule has 0 saturated carbocycles. The van der Waals surface area contributed by atoms with Crippen molar-refractivity contribution >= 4 is 0 Å². The van der Waals surface area contributed by atoms with Crippen LogP contribution in [-0.4, -0.2) is 35.6 Å². The van der Waals surface area contributed by atoms with E-state index in [1.54, 1.807) is 0 Å². The van der Waals surface area contributed by atoms with E-state index in [9.17, 15) is 10.2 Å². The highest BCUT2D eigenvalue weighted by atomic mass is 16.5. The van der Waals surface area contributed by atoms with E-state index in [0.717, 1.165) is 19.3 Å². The van der Waals surface area contributed by atoms with Crippen LogP contribution in [0, 0.1) is 0 Å². The predicted octanol–water partition coefficient (Wildman–Crippen LogP) is 4.84. The Balaban J connectivity index is 3.53. The first kappa shape index (κ1) is 21.9. The predicted molar refractivity (Wildman–Crippen MR) is 94.2 cm³/mol. The topological polar surface area (TPSA) is 49.7 Å². The molecule has 3 heteroatoms. The highest BCUT2D eigenvalue weighted by molar-refractivity contribution is 4.68. The van der Waals surface area contributed by atoms with E-state index >= 15 is 0 Å². The van der Waals surface area contributed by atoms with E-state index in [4.69, 9.17) is 4.74 Å². The van der Waals surface area contributed by atoms with Crippen molar-refractivity contribution in [1.29, 1.82) is 0 Å². The van der Waals surface area contributed by atoms with Crippen molar-refractivity contribution in [1.82, 2.24) is 0 Å². The second-order valence-electron chi connectivity index (χ2n) is 6.48. The van der Waals surface area contributed by atoms with E-state index in [0.29, 0.717) is 6.61 Å². The monoisotopic (exact) mass is 316 g/mol. The first-order valence-electron chi connectivity index (χ1n) is 9.66. The van der Waals surface area contributed by atoms with Gasteiger partial charge in [0.25, 0.3) is 0 Å². The molecule has 0 saturated heterocycles. The van der Waals surface area contributed by atoms with Crippen LogP contribution in [0.5, 0.6) is 0 Å². The fourth-order valence-corrected chi connectivity index (χ4v) is 2.72. The molecule has 2 atom stereocenters. The molecule has 2 N–H and O–H groups in total. The molecule has 0 spiro atoms. The van der Waals surface area contributed by atoms with Crippen LogP contribution >= 0.6 is 0 Å². The maximum Gasteiger partial charge on any atom is 0.106 e. The molecule has 22 heavy (non-hydrogen) atoms. The molecule has 0 heterocycles. The average Bonchev–Trinajstić information content (AvgIpc) is 2.53. The Morgan fingerprint density at radius 3 is 1.77 bits per heavy atom. The summed E-state index contributed by atoms with van der Waals surface area (Å²) in [6.45, 7) is 5.02. The number of rotatable bonds is 17. The van der Waals surface area contributed by atoms with Crippen LogP contribution in [-0.2, 0) is 4.74 Å². The first-order valence-corrected chi connectivity index (χ1v) is 9.66. The minimum Gasteiger partial charge on any atom is -0.394 e. The molecule has 0 radical (unpaired) electrons. The van der Waals surface area contributed by atoms with E-state index in [1.165, 1.54) is 64.2 Å². The summed E-state index contributed by atoms with van der Waals surface area (Å²) in [5, 5.41) is 19.5. The van der Waals surface area contributed by atoms with Gasteiger partial charge in [-0.3, -0.25) is 0 Å². The lowest BCUT2D eigenvalue weighted by Gasteiger charge is -2.21. The molecule has 0 aromatic carbocycles. The summed E-state index contributed by atoms with van der Waals surface area (Å²) < 4.78 is 5.66. The molecule has 0 aromatic heterocycles. The third kappa shape index (κ3) is 13.5. The number of ether oxygens (including phenoxy) is 1. The summed E-state index contributed by atoms with van der Waals surface area (Å²) in [5.41, 5.74) is 0. The van der Waals surface area contributed by atoms with E-state index in [2.05, 4.69) is 13.8 Å². The summed E-state index contributed by atoms with van der Waals surface area (Å²) in [6.07, 6.45) is 14.5. The SMILES string of the molecule is CCCCCCCCOC(CO)C(O)CCCCCCCC. The molecule has 0 fully saturated rings. The first-order chi connectivity index (χ1) is 10.8. The van der Waals surface area contributed by atoms with Gasteiger partial charge in [-0.1, -0.05) is 84.5 Å². The van der Waals surface area contributed by atoms with Gasteiger partial charge in [-0.05, 0) is 12.8 Å². The van der Waals surface area contributed by atoms with Crippen molar-refractivity contribution in [3.8, 4) is 0 Å². The Morgan fingerprint density at radius 2 is 1.23 bits per heavy atom. The van der Waals surface area contributed by atoms with E-state index in [-0.39, 0.29) is 6.61 Å². The smallest absolute Gasteiger partial charge is 0.106 e. The standard InChI is InChI=1S/C19H40O3/c1-3-5-7-9-11-13-15-18(21)19(17-20)22-16-14-12-10-8-6-4-2/h18-21H,3-17H2,1-2H3. The zero-order chi connectivity index (χ0) is 16.5. The van der Waals surface area contributed by atoms with Gasteiger partial charge < -0.3 is 14.9 Å². The van der Waals surface area contributed by atoms with Crippen LogP contribution in [0.15, 0.2) is 0 Å². The van der Waals surface area contributed by atoms with Crippen LogP contribution in [0.3, 0.4) is 0 Å². The van der Waals surface area contributed by atoms with Gasteiger partial charge in [0.05, 0.1) is 12.7 Å². The number of hydrogen-bond donors (Lipinski definition) is 2. The van der Waals surface area contributed by atoms with Gasteiger partial charge >= 0.3 is 0 Å². The molecule has 3 nitrogen and oxygen atoms in total. The lowest BCUT2D eigenvalue weighted by molar-refractivity contribution is -0.0671. The summed E-state index contributed by atoms with van der Waals surface area (Å²) in [5.74, 6) is 0. The van der Waals surface area contributed by atoms with Gasteiger partial charge in [-0.15, -0.1) is 0 Å². The molecule has 0 aliphatic rings. The fourth-order valence-electron chi connectivity index (χ4n) is 2.72. The molecule has 0 bridgehead atoms. The van der Waals surface area contributed by atoms with E-state index < -0.39 is 12.2 Å². The lowest BCUT2D eigenvalue weighted by atomic mass is 10.0. The van der Waals surface area contributed by atoms with Gasteiger partial charge in [-0.2, -0.15) is 0 Å². The van der Waals surface area contributed by atoms with Crippen LogP contribution in [0.2, 0.25) is 0 Å². The van der Waals surface area contributed by atoms with Crippen LogP contribution in [0.25, 0.3) is 0 Å². The average molecular weight is 317 g/mol. The Morgan fingerprint density at radius 1 is 0.727 bits per heavy atom. The van der Waals surface area contributed by atoms with E-state index in [1.807, 2.05) is 0 Å². The van der Waals surface area contributed by atoms with Gasteiger partial charge in [0.1, 0.15) is 6.10 Å². The molecule has 0 aliphatic carbocycles. The van der Waals surface area contributed by atoms with Crippen molar-refractivity contribution in [2.75, 3.05) is 13.2 Å². The highest BCUT2D eigenvalue weighted by Crippen LogP contribution is 2.13. The molecular formula is C19H40O3. The van der Waals surface area contributed by atoms with Crippen molar-refractivity contribution in [2.45, 2.75) is 110 Å². The van der Waals surface area contributed by atoms with Crippen LogP contribution < -0.4 is 0 Å². The molecular weight excluding hydrogens is 276 g/mol.